The average molecular weight is 402 g/mol. The monoisotopic (exact) mass is 402 g/mol. The van der Waals surface area contributed by atoms with E-state index in [2.05, 4.69) is 25.8 Å². The van der Waals surface area contributed by atoms with Crippen LogP contribution >= 0.6 is 0 Å². The molecule has 2 aromatic carbocycles. The van der Waals surface area contributed by atoms with Crippen LogP contribution < -0.4 is 15.6 Å². The third kappa shape index (κ3) is 3.97. The highest BCUT2D eigenvalue weighted by atomic mass is 16.6. The van der Waals surface area contributed by atoms with Crippen LogP contribution in [-0.2, 0) is 0 Å². The maximum absolute atomic E-state index is 12.1. The first-order valence-corrected chi connectivity index (χ1v) is 8.75. The van der Waals surface area contributed by atoms with E-state index in [0.717, 1.165) is 17.1 Å². The number of hydrogen-bond acceptors (Lipinski definition) is 8. The lowest BCUT2D eigenvalue weighted by Crippen LogP contribution is -2.30. The van der Waals surface area contributed by atoms with Gasteiger partial charge in [-0.25, -0.2) is 4.98 Å². The van der Waals surface area contributed by atoms with Crippen molar-refractivity contribution in [1.29, 1.82) is 0 Å². The van der Waals surface area contributed by atoms with Gasteiger partial charge in [-0.1, -0.05) is 36.4 Å². The molecule has 148 valence electrons. The van der Waals surface area contributed by atoms with Crippen LogP contribution in [0.25, 0.3) is 10.8 Å². The summed E-state index contributed by atoms with van der Waals surface area (Å²) < 4.78 is 5.65. The summed E-state index contributed by atoms with van der Waals surface area (Å²) in [6, 6.07) is 17.7. The summed E-state index contributed by atoms with van der Waals surface area (Å²) in [7, 11) is 0. The van der Waals surface area contributed by atoms with Gasteiger partial charge in [0.05, 0.1) is 4.92 Å². The molecule has 2 aromatic heterocycles. The van der Waals surface area contributed by atoms with Gasteiger partial charge in [0, 0.05) is 6.20 Å². The van der Waals surface area contributed by atoms with E-state index >= 15 is 0 Å². The molecule has 0 bridgehead atoms. The molecule has 0 saturated carbocycles. The molecule has 10 heteroatoms. The van der Waals surface area contributed by atoms with E-state index in [0.29, 0.717) is 5.75 Å². The molecule has 2 heterocycles. The number of nitro groups is 1. The van der Waals surface area contributed by atoms with Gasteiger partial charge in [-0.3, -0.25) is 30.7 Å². The summed E-state index contributed by atoms with van der Waals surface area (Å²) in [6.07, 6.45) is 2.55. The van der Waals surface area contributed by atoms with E-state index in [9.17, 15) is 14.9 Å². The average Bonchev–Trinajstić information content (AvgIpc) is 2.78. The van der Waals surface area contributed by atoms with Gasteiger partial charge in [-0.15, -0.1) is 0 Å². The van der Waals surface area contributed by atoms with E-state index in [1.807, 2.05) is 30.3 Å². The van der Waals surface area contributed by atoms with Gasteiger partial charge < -0.3 is 4.74 Å². The Hall–Kier alpha value is -4.60. The predicted molar refractivity (Wildman–Crippen MR) is 108 cm³/mol. The second-order valence-electron chi connectivity index (χ2n) is 6.04. The number of rotatable bonds is 6. The number of nitrogens with zero attached hydrogens (tertiary/aromatic N) is 4. The van der Waals surface area contributed by atoms with E-state index < -0.39 is 16.5 Å². The molecule has 0 unspecified atom stereocenters. The number of pyridine rings is 1. The number of carbonyl (C=O) groups is 1. The Labute approximate surface area is 169 Å². The summed E-state index contributed by atoms with van der Waals surface area (Å²) in [5, 5.41) is 13.6. The molecule has 0 saturated heterocycles. The summed E-state index contributed by atoms with van der Waals surface area (Å²) >= 11 is 0. The minimum absolute atomic E-state index is 0.134. The number of hydrogen-bond donors (Lipinski definition) is 2. The first kappa shape index (κ1) is 18.7. The fourth-order valence-electron chi connectivity index (χ4n) is 2.71. The van der Waals surface area contributed by atoms with Gasteiger partial charge in [0.2, 0.25) is 5.82 Å². The molecule has 0 aliphatic rings. The summed E-state index contributed by atoms with van der Waals surface area (Å²) in [5.74, 6) is -0.700. The second-order valence-corrected chi connectivity index (χ2v) is 6.04. The van der Waals surface area contributed by atoms with Crippen molar-refractivity contribution in [2.24, 2.45) is 0 Å². The SMILES string of the molecule is O=C(NNc1ncnc(Oc2ccc3ccccc3c2)c1[N+](=O)[O-])c1ccccn1. The lowest BCUT2D eigenvalue weighted by Gasteiger charge is -2.10. The van der Waals surface area contributed by atoms with Crippen molar-refractivity contribution in [2.75, 3.05) is 5.43 Å². The lowest BCUT2D eigenvalue weighted by molar-refractivity contribution is -0.385. The maximum Gasteiger partial charge on any atom is 0.374 e. The highest BCUT2D eigenvalue weighted by molar-refractivity contribution is 5.93. The van der Waals surface area contributed by atoms with Crippen molar-refractivity contribution in [3.8, 4) is 11.6 Å². The maximum atomic E-state index is 12.1. The molecule has 2 N–H and O–H groups in total. The number of ether oxygens (including phenoxy) is 1. The number of nitrogens with one attached hydrogen (secondary N) is 2. The second kappa shape index (κ2) is 8.19. The van der Waals surface area contributed by atoms with Crippen LogP contribution in [0.3, 0.4) is 0 Å². The molecule has 10 nitrogen and oxygen atoms in total. The van der Waals surface area contributed by atoms with E-state index in [1.54, 1.807) is 24.3 Å². The molecule has 1 amide bonds. The number of hydrazine groups is 1. The number of fused-ring (bicyclic) bond motifs is 1. The van der Waals surface area contributed by atoms with Crippen LogP contribution in [0.2, 0.25) is 0 Å². The molecule has 0 aliphatic heterocycles. The molecule has 30 heavy (non-hydrogen) atoms. The lowest BCUT2D eigenvalue weighted by atomic mass is 10.1. The smallest absolute Gasteiger partial charge is 0.374 e. The minimum atomic E-state index is -0.689. The van der Waals surface area contributed by atoms with Crippen LogP contribution in [0.4, 0.5) is 11.5 Å². The Morgan fingerprint density at radius 1 is 0.967 bits per heavy atom. The zero-order valence-corrected chi connectivity index (χ0v) is 15.4. The van der Waals surface area contributed by atoms with Crippen molar-refractivity contribution in [3.05, 3.63) is 89.0 Å². The van der Waals surface area contributed by atoms with Crippen molar-refractivity contribution in [2.45, 2.75) is 0 Å². The normalized spacial score (nSPS) is 10.4. The molecular weight excluding hydrogens is 388 g/mol. The van der Waals surface area contributed by atoms with Crippen LogP contribution in [0.15, 0.2) is 73.2 Å². The molecule has 0 fully saturated rings. The van der Waals surface area contributed by atoms with Crippen LogP contribution in [0, 0.1) is 10.1 Å². The Kier molecular flexibility index (Phi) is 5.12. The molecule has 4 rings (SSSR count). The topological polar surface area (TPSA) is 132 Å². The first-order valence-electron chi connectivity index (χ1n) is 8.75. The Morgan fingerprint density at radius 2 is 1.77 bits per heavy atom. The van der Waals surface area contributed by atoms with Gasteiger partial charge in [-0.2, -0.15) is 4.98 Å². The van der Waals surface area contributed by atoms with Gasteiger partial charge in [-0.05, 0) is 35.0 Å². The van der Waals surface area contributed by atoms with Crippen molar-refractivity contribution in [1.82, 2.24) is 20.4 Å². The largest absolute Gasteiger partial charge is 0.434 e. The zero-order valence-electron chi connectivity index (χ0n) is 15.4. The zero-order chi connectivity index (χ0) is 20.9. The Balaban J connectivity index is 1.59. The summed E-state index contributed by atoms with van der Waals surface area (Å²) in [4.78, 5) is 34.7. The number of aromatic nitrogens is 3. The van der Waals surface area contributed by atoms with E-state index in [1.165, 1.54) is 12.3 Å². The molecular formula is C20H14N6O4. The fraction of sp³-hybridized carbons (Fsp3) is 0. The Bertz CT molecular complexity index is 1230. The van der Waals surface area contributed by atoms with Crippen molar-refractivity contribution < 1.29 is 14.5 Å². The highest BCUT2D eigenvalue weighted by Crippen LogP contribution is 2.34. The molecule has 0 aliphatic carbocycles. The number of benzene rings is 2. The quantitative estimate of drug-likeness (QED) is 0.370. The van der Waals surface area contributed by atoms with Crippen molar-refractivity contribution in [3.63, 3.8) is 0 Å². The van der Waals surface area contributed by atoms with E-state index in [4.69, 9.17) is 4.74 Å². The Morgan fingerprint density at radius 3 is 2.53 bits per heavy atom. The van der Waals surface area contributed by atoms with Crippen LogP contribution in [0.1, 0.15) is 10.5 Å². The van der Waals surface area contributed by atoms with Crippen LogP contribution in [0.5, 0.6) is 11.6 Å². The third-order valence-electron chi connectivity index (χ3n) is 4.10. The standard InChI is InChI=1S/C20H14N6O4/c27-19(16-7-3-4-10-21-16)25-24-18-17(26(28)29)20(23-12-22-18)30-15-9-8-13-5-1-2-6-14(13)11-15/h1-12H,(H,25,27)(H,22,23,24). The highest BCUT2D eigenvalue weighted by Gasteiger charge is 2.25. The van der Waals surface area contributed by atoms with Crippen LogP contribution in [-0.4, -0.2) is 25.8 Å². The number of anilines is 1. The first-order chi connectivity index (χ1) is 14.6. The third-order valence-corrected chi connectivity index (χ3v) is 4.10. The van der Waals surface area contributed by atoms with Gasteiger partial charge in [0.25, 0.3) is 5.91 Å². The molecule has 0 spiro atoms. The van der Waals surface area contributed by atoms with E-state index in [-0.39, 0.29) is 17.4 Å². The molecule has 0 radical (unpaired) electrons. The summed E-state index contributed by atoms with van der Waals surface area (Å²) in [5.41, 5.74) is 4.37. The van der Waals surface area contributed by atoms with Crippen molar-refractivity contribution >= 4 is 28.2 Å². The van der Waals surface area contributed by atoms with Gasteiger partial charge >= 0.3 is 11.6 Å². The molecule has 0 atom stereocenters. The van der Waals surface area contributed by atoms with Gasteiger partial charge in [0.15, 0.2) is 0 Å². The predicted octanol–water partition coefficient (Wildman–Crippen LogP) is 3.48. The minimum Gasteiger partial charge on any atom is -0.434 e. The number of carbonyl (C=O) groups excluding carboxylic acids is 1. The number of amides is 1. The summed E-state index contributed by atoms with van der Waals surface area (Å²) in [6.45, 7) is 0. The fourth-order valence-corrected chi connectivity index (χ4v) is 2.71. The van der Waals surface area contributed by atoms with Gasteiger partial charge in [0.1, 0.15) is 17.8 Å². The molecule has 4 aromatic rings.